The van der Waals surface area contributed by atoms with Crippen LogP contribution in [0.5, 0.6) is 0 Å². The molecule has 1 aromatic rings. The predicted octanol–water partition coefficient (Wildman–Crippen LogP) is 1.40. The number of rotatable bonds is 6. The van der Waals surface area contributed by atoms with Crippen LogP contribution in [-0.2, 0) is 14.8 Å². The standard InChI is InChI=1S/C16H23F3N4O3S/c17-16(18,19)12-22-4-3-13(11-22)9-20-15-2-1-14(10-21-15)27(24,25)23-5-7-26-8-6-23/h1-2,10,13H,3-9,11-12H2,(H,20,21). The van der Waals surface area contributed by atoms with Gasteiger partial charge in [0.25, 0.3) is 0 Å². The minimum atomic E-state index is -4.17. The highest BCUT2D eigenvalue weighted by molar-refractivity contribution is 7.89. The number of ether oxygens (including phenoxy) is 1. The molecule has 0 spiro atoms. The second-order valence-electron chi connectivity index (χ2n) is 6.78. The number of sulfonamides is 1. The van der Waals surface area contributed by atoms with Crippen LogP contribution < -0.4 is 5.32 Å². The lowest BCUT2D eigenvalue weighted by Crippen LogP contribution is -2.40. The molecule has 7 nitrogen and oxygen atoms in total. The first-order valence-electron chi connectivity index (χ1n) is 8.81. The average molecular weight is 408 g/mol. The molecule has 2 fully saturated rings. The Morgan fingerprint density at radius 3 is 2.59 bits per heavy atom. The van der Waals surface area contributed by atoms with Gasteiger partial charge < -0.3 is 10.1 Å². The molecule has 1 N–H and O–H groups in total. The summed E-state index contributed by atoms with van der Waals surface area (Å²) in [6.07, 6.45) is -2.18. The number of nitrogens with one attached hydrogen (secondary N) is 1. The van der Waals surface area contributed by atoms with Crippen molar-refractivity contribution in [3.8, 4) is 0 Å². The van der Waals surface area contributed by atoms with Gasteiger partial charge in [0.05, 0.1) is 19.8 Å². The molecule has 27 heavy (non-hydrogen) atoms. The summed E-state index contributed by atoms with van der Waals surface area (Å²) >= 11 is 0. The molecule has 3 rings (SSSR count). The van der Waals surface area contributed by atoms with Gasteiger partial charge in [-0.25, -0.2) is 13.4 Å². The van der Waals surface area contributed by atoms with Gasteiger partial charge in [-0.2, -0.15) is 17.5 Å². The van der Waals surface area contributed by atoms with E-state index in [4.69, 9.17) is 4.74 Å². The van der Waals surface area contributed by atoms with Crippen LogP contribution in [0.3, 0.4) is 0 Å². The van der Waals surface area contributed by atoms with Gasteiger partial charge in [0.2, 0.25) is 10.0 Å². The Morgan fingerprint density at radius 1 is 1.22 bits per heavy atom. The zero-order valence-corrected chi connectivity index (χ0v) is 15.6. The molecule has 0 bridgehead atoms. The van der Waals surface area contributed by atoms with Crippen molar-refractivity contribution in [1.82, 2.24) is 14.2 Å². The number of alkyl halides is 3. The van der Waals surface area contributed by atoms with Gasteiger partial charge in [0.1, 0.15) is 10.7 Å². The smallest absolute Gasteiger partial charge is 0.379 e. The fraction of sp³-hybridized carbons (Fsp3) is 0.688. The highest BCUT2D eigenvalue weighted by Crippen LogP contribution is 2.23. The summed E-state index contributed by atoms with van der Waals surface area (Å²) in [5, 5.41) is 3.08. The molecule has 1 unspecified atom stereocenters. The van der Waals surface area contributed by atoms with Gasteiger partial charge >= 0.3 is 6.18 Å². The molecule has 2 saturated heterocycles. The molecule has 0 aromatic carbocycles. The van der Waals surface area contributed by atoms with E-state index >= 15 is 0 Å². The van der Waals surface area contributed by atoms with E-state index in [2.05, 4.69) is 10.3 Å². The molecule has 0 saturated carbocycles. The maximum atomic E-state index is 12.5. The van der Waals surface area contributed by atoms with Crippen LogP contribution in [0.1, 0.15) is 6.42 Å². The fourth-order valence-corrected chi connectivity index (χ4v) is 4.65. The Bertz CT molecular complexity index is 721. The van der Waals surface area contributed by atoms with Crippen molar-refractivity contribution in [1.29, 1.82) is 0 Å². The van der Waals surface area contributed by atoms with Crippen LogP contribution in [0.2, 0.25) is 0 Å². The number of pyridine rings is 1. The first kappa shape index (κ1) is 20.3. The molecular weight excluding hydrogens is 385 g/mol. The van der Waals surface area contributed by atoms with Crippen molar-refractivity contribution < 1.29 is 26.3 Å². The van der Waals surface area contributed by atoms with Crippen LogP contribution in [0.25, 0.3) is 0 Å². The van der Waals surface area contributed by atoms with Gasteiger partial charge in [-0.3, -0.25) is 4.90 Å². The number of likely N-dealkylation sites (tertiary alicyclic amines) is 1. The van der Waals surface area contributed by atoms with Crippen molar-refractivity contribution in [2.45, 2.75) is 17.5 Å². The maximum absolute atomic E-state index is 12.5. The zero-order chi connectivity index (χ0) is 19.5. The summed E-state index contributed by atoms with van der Waals surface area (Å²) < 4.78 is 68.9. The number of morpholine rings is 1. The summed E-state index contributed by atoms with van der Waals surface area (Å²) in [6.45, 7) is 1.81. The average Bonchev–Trinajstić information content (AvgIpc) is 3.06. The van der Waals surface area contributed by atoms with Crippen LogP contribution >= 0.6 is 0 Å². The summed E-state index contributed by atoms with van der Waals surface area (Å²) in [6, 6.07) is 3.07. The predicted molar refractivity (Wildman–Crippen MR) is 92.9 cm³/mol. The summed E-state index contributed by atoms with van der Waals surface area (Å²) in [4.78, 5) is 5.66. The molecule has 0 radical (unpaired) electrons. The monoisotopic (exact) mass is 408 g/mol. The lowest BCUT2D eigenvalue weighted by atomic mass is 10.1. The highest BCUT2D eigenvalue weighted by atomic mass is 32.2. The van der Waals surface area contributed by atoms with Crippen molar-refractivity contribution >= 4 is 15.8 Å². The number of aromatic nitrogens is 1. The zero-order valence-electron chi connectivity index (χ0n) is 14.8. The van der Waals surface area contributed by atoms with E-state index in [0.717, 1.165) is 0 Å². The third-order valence-corrected chi connectivity index (χ3v) is 6.57. The number of anilines is 1. The van der Waals surface area contributed by atoms with Crippen LogP contribution in [0.15, 0.2) is 23.2 Å². The van der Waals surface area contributed by atoms with Crippen molar-refractivity contribution in [2.75, 3.05) is 57.8 Å². The van der Waals surface area contributed by atoms with E-state index in [1.54, 1.807) is 6.07 Å². The molecule has 3 heterocycles. The summed E-state index contributed by atoms with van der Waals surface area (Å²) in [5.41, 5.74) is 0. The van der Waals surface area contributed by atoms with E-state index < -0.39 is 22.7 Å². The lowest BCUT2D eigenvalue weighted by molar-refractivity contribution is -0.143. The van der Waals surface area contributed by atoms with Crippen molar-refractivity contribution in [3.63, 3.8) is 0 Å². The third-order valence-electron chi connectivity index (χ3n) is 4.69. The Morgan fingerprint density at radius 2 is 1.96 bits per heavy atom. The van der Waals surface area contributed by atoms with Gasteiger partial charge in [-0.1, -0.05) is 0 Å². The van der Waals surface area contributed by atoms with Gasteiger partial charge in [0, 0.05) is 32.4 Å². The molecule has 11 heteroatoms. The minimum absolute atomic E-state index is 0.103. The van der Waals surface area contributed by atoms with E-state index in [0.29, 0.717) is 58.2 Å². The molecular formula is C16H23F3N4O3S. The molecule has 2 aliphatic heterocycles. The molecule has 1 atom stereocenters. The maximum Gasteiger partial charge on any atom is 0.401 e. The van der Waals surface area contributed by atoms with Gasteiger partial charge in [0.15, 0.2) is 0 Å². The Labute approximate surface area is 156 Å². The molecule has 2 aliphatic rings. The van der Waals surface area contributed by atoms with E-state index in [1.165, 1.54) is 21.5 Å². The topological polar surface area (TPSA) is 74.8 Å². The van der Waals surface area contributed by atoms with Crippen molar-refractivity contribution in [2.24, 2.45) is 5.92 Å². The summed E-state index contributed by atoms with van der Waals surface area (Å²) in [7, 11) is -3.58. The number of nitrogens with zero attached hydrogens (tertiary/aromatic N) is 3. The molecule has 0 amide bonds. The van der Waals surface area contributed by atoms with E-state index in [1.807, 2.05) is 0 Å². The van der Waals surface area contributed by atoms with Crippen molar-refractivity contribution in [3.05, 3.63) is 18.3 Å². The Kier molecular flexibility index (Phi) is 6.24. The normalized spacial score (nSPS) is 22.9. The first-order valence-corrected chi connectivity index (χ1v) is 10.2. The number of halogens is 3. The SMILES string of the molecule is O=S(=O)(c1ccc(NCC2CCN(CC(F)(F)F)C2)nc1)N1CCOCC1. The molecule has 152 valence electrons. The van der Waals surface area contributed by atoms with Crippen LogP contribution in [0, 0.1) is 5.92 Å². The van der Waals surface area contributed by atoms with Crippen LogP contribution in [-0.4, -0.2) is 81.3 Å². The number of hydrogen-bond acceptors (Lipinski definition) is 6. The second-order valence-corrected chi connectivity index (χ2v) is 8.72. The van der Waals surface area contributed by atoms with E-state index in [-0.39, 0.29) is 10.8 Å². The van der Waals surface area contributed by atoms with Gasteiger partial charge in [-0.15, -0.1) is 0 Å². The Balaban J connectivity index is 1.51. The first-order chi connectivity index (χ1) is 12.7. The quantitative estimate of drug-likeness (QED) is 0.767. The lowest BCUT2D eigenvalue weighted by Gasteiger charge is -2.25. The third kappa shape index (κ3) is 5.53. The second kappa shape index (κ2) is 8.29. The highest BCUT2D eigenvalue weighted by Gasteiger charge is 2.34. The number of hydrogen-bond donors (Lipinski definition) is 1. The molecule has 0 aliphatic carbocycles. The van der Waals surface area contributed by atoms with Gasteiger partial charge in [-0.05, 0) is 31.0 Å². The largest absolute Gasteiger partial charge is 0.401 e. The minimum Gasteiger partial charge on any atom is -0.379 e. The Hall–Kier alpha value is -1.43. The van der Waals surface area contributed by atoms with Crippen LogP contribution in [0.4, 0.5) is 19.0 Å². The fourth-order valence-electron chi connectivity index (χ4n) is 3.30. The molecule has 1 aromatic heterocycles. The summed E-state index contributed by atoms with van der Waals surface area (Å²) in [5.74, 6) is 0.608. The van der Waals surface area contributed by atoms with E-state index in [9.17, 15) is 21.6 Å².